The van der Waals surface area contributed by atoms with Gasteiger partial charge in [-0.05, 0) is 35.7 Å². The Labute approximate surface area is 164 Å². The lowest BCUT2D eigenvalue weighted by atomic mass is 9.93. The van der Waals surface area contributed by atoms with E-state index in [1.165, 1.54) is 11.1 Å². The van der Waals surface area contributed by atoms with Gasteiger partial charge in [0.15, 0.2) is 5.17 Å². The van der Waals surface area contributed by atoms with Crippen LogP contribution in [0.1, 0.15) is 22.7 Å². The lowest BCUT2D eigenvalue weighted by Crippen LogP contribution is -2.28. The zero-order valence-electron chi connectivity index (χ0n) is 15.7. The second kappa shape index (κ2) is 8.13. The van der Waals surface area contributed by atoms with Crippen LogP contribution in [0.25, 0.3) is 0 Å². The van der Waals surface area contributed by atoms with Crippen LogP contribution in [0.4, 0.5) is 0 Å². The van der Waals surface area contributed by atoms with Crippen LogP contribution in [0.3, 0.4) is 0 Å². The predicted octanol–water partition coefficient (Wildman–Crippen LogP) is 3.61. The van der Waals surface area contributed by atoms with Crippen molar-refractivity contribution in [1.29, 1.82) is 0 Å². The minimum atomic E-state index is 0.114. The number of thioether (sulfide) groups is 1. The van der Waals surface area contributed by atoms with Gasteiger partial charge in [-0.1, -0.05) is 23.9 Å². The van der Waals surface area contributed by atoms with E-state index in [-0.39, 0.29) is 6.04 Å². The van der Waals surface area contributed by atoms with E-state index in [1.54, 1.807) is 26.0 Å². The molecule has 0 amide bonds. The molecule has 4 rings (SSSR count). The molecule has 2 aromatic rings. The zero-order chi connectivity index (χ0) is 18.6. The van der Waals surface area contributed by atoms with E-state index in [0.29, 0.717) is 0 Å². The summed E-state index contributed by atoms with van der Waals surface area (Å²) in [6.07, 6.45) is 1.76. The summed E-state index contributed by atoms with van der Waals surface area (Å²) >= 11 is 1.78. The summed E-state index contributed by atoms with van der Waals surface area (Å²) in [5.41, 5.74) is 3.74. The van der Waals surface area contributed by atoms with E-state index in [4.69, 9.17) is 14.2 Å². The van der Waals surface area contributed by atoms with Gasteiger partial charge in [0, 0.05) is 23.8 Å². The van der Waals surface area contributed by atoms with Crippen molar-refractivity contribution < 1.29 is 14.2 Å². The Balaban J connectivity index is 1.68. The molecule has 1 unspecified atom stereocenters. The standard InChI is InChI=1S/C21H24N2O3S/c1-24-15-10-14(11-16(13-15)25-2)12-19(23-21-22-7-9-27-21)17-4-3-5-20-18(17)6-8-26-20/h3-5,10-11,13,19H,6-9,12H2,1-2H3,(H,22,23). The van der Waals surface area contributed by atoms with Crippen LogP contribution in [-0.4, -0.2) is 38.3 Å². The number of benzene rings is 2. The quantitative estimate of drug-likeness (QED) is 0.824. The van der Waals surface area contributed by atoms with Gasteiger partial charge in [0.1, 0.15) is 17.2 Å². The number of nitrogens with one attached hydrogen (secondary N) is 1. The molecule has 0 saturated heterocycles. The first-order valence-corrected chi connectivity index (χ1v) is 10.2. The van der Waals surface area contributed by atoms with Crippen molar-refractivity contribution in [3.63, 3.8) is 0 Å². The van der Waals surface area contributed by atoms with Crippen molar-refractivity contribution >= 4 is 16.9 Å². The molecule has 5 nitrogen and oxygen atoms in total. The molecule has 0 radical (unpaired) electrons. The molecule has 2 aliphatic heterocycles. The minimum Gasteiger partial charge on any atom is -0.497 e. The third-order valence-corrected chi connectivity index (χ3v) is 5.80. The third kappa shape index (κ3) is 4.00. The van der Waals surface area contributed by atoms with Crippen LogP contribution in [0, 0.1) is 0 Å². The smallest absolute Gasteiger partial charge is 0.157 e. The first-order chi connectivity index (χ1) is 13.3. The van der Waals surface area contributed by atoms with Gasteiger partial charge in [0.05, 0.1) is 33.4 Å². The predicted molar refractivity (Wildman–Crippen MR) is 110 cm³/mol. The summed E-state index contributed by atoms with van der Waals surface area (Å²) in [5, 5.41) is 4.68. The van der Waals surface area contributed by atoms with Gasteiger partial charge >= 0.3 is 0 Å². The Bertz CT molecular complexity index is 831. The maximum atomic E-state index is 5.78. The molecule has 1 N–H and O–H groups in total. The molecule has 0 saturated carbocycles. The van der Waals surface area contributed by atoms with Gasteiger partial charge in [-0.15, -0.1) is 0 Å². The first-order valence-electron chi connectivity index (χ1n) is 9.17. The van der Waals surface area contributed by atoms with Crippen molar-refractivity contribution in [1.82, 2.24) is 5.32 Å². The highest BCUT2D eigenvalue weighted by Crippen LogP contribution is 2.34. The zero-order valence-corrected chi connectivity index (χ0v) is 16.5. The van der Waals surface area contributed by atoms with Crippen molar-refractivity contribution in [3.8, 4) is 17.2 Å². The Morgan fingerprint density at radius 1 is 1.19 bits per heavy atom. The maximum absolute atomic E-state index is 5.78. The molecular formula is C21H24N2O3S. The molecule has 1 atom stereocenters. The topological polar surface area (TPSA) is 52.1 Å². The number of rotatable bonds is 6. The van der Waals surface area contributed by atoms with E-state index >= 15 is 0 Å². The van der Waals surface area contributed by atoms with Crippen molar-refractivity contribution in [2.45, 2.75) is 18.9 Å². The molecule has 0 fully saturated rings. The third-order valence-electron chi connectivity index (χ3n) is 4.89. The molecule has 27 heavy (non-hydrogen) atoms. The SMILES string of the molecule is COc1cc(CC(NC2=NCCS2)c2cccc3c2CCO3)cc(OC)c1. The molecule has 142 valence electrons. The van der Waals surface area contributed by atoms with Crippen LogP contribution in [0.2, 0.25) is 0 Å². The maximum Gasteiger partial charge on any atom is 0.157 e. The number of fused-ring (bicyclic) bond motifs is 1. The van der Waals surface area contributed by atoms with Crippen LogP contribution in [-0.2, 0) is 12.8 Å². The first kappa shape index (κ1) is 18.0. The second-order valence-electron chi connectivity index (χ2n) is 6.58. The fourth-order valence-corrected chi connectivity index (χ4v) is 4.39. The van der Waals surface area contributed by atoms with Crippen LogP contribution < -0.4 is 19.5 Å². The number of hydrogen-bond acceptors (Lipinski definition) is 6. The number of ether oxygens (including phenoxy) is 3. The highest BCUT2D eigenvalue weighted by atomic mass is 32.2. The van der Waals surface area contributed by atoms with Crippen LogP contribution in [0.15, 0.2) is 41.4 Å². The number of methoxy groups -OCH3 is 2. The monoisotopic (exact) mass is 384 g/mol. The normalized spacial score (nSPS) is 16.3. The van der Waals surface area contributed by atoms with Gasteiger partial charge in [-0.25, -0.2) is 0 Å². The fourth-order valence-electron chi connectivity index (χ4n) is 3.61. The molecule has 0 spiro atoms. The minimum absolute atomic E-state index is 0.114. The van der Waals surface area contributed by atoms with Gasteiger partial charge in [0.25, 0.3) is 0 Å². The lowest BCUT2D eigenvalue weighted by molar-refractivity contribution is 0.357. The van der Waals surface area contributed by atoms with E-state index in [0.717, 1.165) is 59.7 Å². The molecule has 0 aromatic heterocycles. The Kier molecular flexibility index (Phi) is 5.43. The molecular weight excluding hydrogens is 360 g/mol. The molecule has 6 heteroatoms. The fraction of sp³-hybridized carbons (Fsp3) is 0.381. The van der Waals surface area contributed by atoms with E-state index in [9.17, 15) is 0 Å². The number of nitrogens with zero attached hydrogens (tertiary/aromatic N) is 1. The lowest BCUT2D eigenvalue weighted by Gasteiger charge is -2.23. The molecule has 0 bridgehead atoms. The van der Waals surface area contributed by atoms with Crippen LogP contribution >= 0.6 is 11.8 Å². The molecule has 0 aliphatic carbocycles. The average molecular weight is 385 g/mol. The summed E-state index contributed by atoms with van der Waals surface area (Å²) in [7, 11) is 3.36. The van der Waals surface area contributed by atoms with Crippen molar-refractivity contribution in [2.75, 3.05) is 33.1 Å². The molecule has 2 aromatic carbocycles. The van der Waals surface area contributed by atoms with E-state index in [1.807, 2.05) is 6.07 Å². The molecule has 2 heterocycles. The second-order valence-corrected chi connectivity index (χ2v) is 7.66. The van der Waals surface area contributed by atoms with Gasteiger partial charge in [-0.3, -0.25) is 4.99 Å². The summed E-state index contributed by atoms with van der Waals surface area (Å²) in [6.45, 7) is 1.63. The van der Waals surface area contributed by atoms with Gasteiger partial charge < -0.3 is 19.5 Å². The number of hydrogen-bond donors (Lipinski definition) is 1. The average Bonchev–Trinajstić information content (AvgIpc) is 3.38. The summed E-state index contributed by atoms with van der Waals surface area (Å²) in [5.74, 6) is 3.65. The van der Waals surface area contributed by atoms with Crippen molar-refractivity contribution in [2.24, 2.45) is 4.99 Å². The van der Waals surface area contributed by atoms with Gasteiger partial charge in [0.2, 0.25) is 0 Å². The van der Waals surface area contributed by atoms with E-state index < -0.39 is 0 Å². The van der Waals surface area contributed by atoms with Crippen molar-refractivity contribution in [3.05, 3.63) is 53.1 Å². The summed E-state index contributed by atoms with van der Waals surface area (Å²) in [6, 6.07) is 12.5. The van der Waals surface area contributed by atoms with Crippen LogP contribution in [0.5, 0.6) is 17.2 Å². The highest BCUT2D eigenvalue weighted by Gasteiger charge is 2.24. The van der Waals surface area contributed by atoms with Gasteiger partial charge in [-0.2, -0.15) is 0 Å². The number of aliphatic imine (C=N–C) groups is 1. The molecule has 2 aliphatic rings. The van der Waals surface area contributed by atoms with E-state index in [2.05, 4.69) is 40.6 Å². The highest BCUT2D eigenvalue weighted by molar-refractivity contribution is 8.14. The Hall–Kier alpha value is -2.34. The summed E-state index contributed by atoms with van der Waals surface area (Å²) < 4.78 is 16.7. The largest absolute Gasteiger partial charge is 0.497 e. The summed E-state index contributed by atoms with van der Waals surface area (Å²) in [4.78, 5) is 4.59. The Morgan fingerprint density at radius 2 is 2.00 bits per heavy atom. The Morgan fingerprint density at radius 3 is 2.70 bits per heavy atom. The number of amidine groups is 1.